The quantitative estimate of drug-likeness (QED) is 0.797. The second-order valence-corrected chi connectivity index (χ2v) is 6.58. The van der Waals surface area contributed by atoms with E-state index < -0.39 is 5.82 Å². The summed E-state index contributed by atoms with van der Waals surface area (Å²) in [4.78, 5) is 15.2. The highest BCUT2D eigenvalue weighted by atomic mass is 19.1. The fraction of sp³-hybridized carbons (Fsp3) is 0.412. The van der Waals surface area contributed by atoms with E-state index in [0.717, 1.165) is 38.4 Å². The third-order valence-electron chi connectivity index (χ3n) is 4.75. The molecule has 1 aromatic heterocycles. The Morgan fingerprint density at radius 1 is 1.17 bits per heavy atom. The molecule has 2 aliphatic heterocycles. The van der Waals surface area contributed by atoms with Crippen molar-refractivity contribution in [3.63, 3.8) is 0 Å². The van der Waals surface area contributed by atoms with Gasteiger partial charge in [-0.15, -0.1) is 0 Å². The fourth-order valence-electron chi connectivity index (χ4n) is 3.71. The molecule has 24 heavy (non-hydrogen) atoms. The average Bonchev–Trinajstić information content (AvgIpc) is 2.69. The average molecular weight is 328 g/mol. The van der Waals surface area contributed by atoms with Gasteiger partial charge in [0, 0.05) is 44.1 Å². The van der Waals surface area contributed by atoms with Crippen molar-refractivity contribution < 1.29 is 4.39 Å². The summed E-state index contributed by atoms with van der Waals surface area (Å²) in [6, 6.07) is 6.50. The van der Waals surface area contributed by atoms with E-state index in [1.807, 2.05) is 6.07 Å². The van der Waals surface area contributed by atoms with Crippen molar-refractivity contribution in [1.29, 1.82) is 0 Å². The molecule has 0 aliphatic carbocycles. The van der Waals surface area contributed by atoms with E-state index in [4.69, 9.17) is 5.73 Å². The topological polar surface area (TPSA) is 61.5 Å². The van der Waals surface area contributed by atoms with Gasteiger partial charge in [0.1, 0.15) is 0 Å². The summed E-state index contributed by atoms with van der Waals surface area (Å²) in [7, 11) is 2.13. The predicted octanol–water partition coefficient (Wildman–Crippen LogP) is 1.34. The Morgan fingerprint density at radius 3 is 2.75 bits per heavy atom. The molecule has 0 bridgehead atoms. The van der Waals surface area contributed by atoms with Gasteiger partial charge in [0.25, 0.3) is 0 Å². The molecule has 0 amide bonds. The van der Waals surface area contributed by atoms with Crippen molar-refractivity contribution in [3.05, 3.63) is 42.0 Å². The van der Waals surface area contributed by atoms with Crippen molar-refractivity contribution in [1.82, 2.24) is 14.9 Å². The molecule has 2 N–H and O–H groups in total. The minimum Gasteiger partial charge on any atom is -0.399 e. The highest BCUT2D eigenvalue weighted by Crippen LogP contribution is 2.31. The first-order chi connectivity index (χ1) is 11.6. The lowest BCUT2D eigenvalue weighted by molar-refractivity contribution is 0.301. The van der Waals surface area contributed by atoms with E-state index in [0.29, 0.717) is 12.0 Å². The summed E-state index contributed by atoms with van der Waals surface area (Å²) in [5, 5.41) is 0. The van der Waals surface area contributed by atoms with E-state index in [2.05, 4.69) is 43.8 Å². The number of nitrogen functional groups attached to an aromatic ring is 1. The molecule has 1 fully saturated rings. The predicted molar refractivity (Wildman–Crippen MR) is 92.5 cm³/mol. The van der Waals surface area contributed by atoms with Gasteiger partial charge >= 0.3 is 0 Å². The number of aromatic nitrogens is 2. The van der Waals surface area contributed by atoms with Crippen LogP contribution in [-0.2, 0) is 6.54 Å². The molecular weight excluding hydrogens is 307 g/mol. The number of piperazine rings is 1. The molecule has 1 saturated heterocycles. The van der Waals surface area contributed by atoms with Gasteiger partial charge < -0.3 is 15.5 Å². The van der Waals surface area contributed by atoms with Gasteiger partial charge in [0.15, 0.2) is 5.82 Å². The minimum absolute atomic E-state index is 0.335. The Balaban J connectivity index is 1.62. The first-order valence-corrected chi connectivity index (χ1v) is 8.16. The molecule has 126 valence electrons. The van der Waals surface area contributed by atoms with Crippen molar-refractivity contribution in [2.24, 2.45) is 0 Å². The maximum absolute atomic E-state index is 13.1. The fourth-order valence-corrected chi connectivity index (χ4v) is 3.71. The normalized spacial score (nSPS) is 21.2. The van der Waals surface area contributed by atoms with Crippen LogP contribution in [0.3, 0.4) is 0 Å². The monoisotopic (exact) mass is 328 g/mol. The third-order valence-corrected chi connectivity index (χ3v) is 4.75. The van der Waals surface area contributed by atoms with E-state index >= 15 is 0 Å². The molecule has 2 aliphatic rings. The lowest BCUT2D eigenvalue weighted by Crippen LogP contribution is -2.56. The lowest BCUT2D eigenvalue weighted by atomic mass is 10.1. The van der Waals surface area contributed by atoms with Crippen LogP contribution < -0.4 is 15.5 Å². The van der Waals surface area contributed by atoms with Gasteiger partial charge in [-0.1, -0.05) is 0 Å². The van der Waals surface area contributed by atoms with Gasteiger partial charge in [-0.25, -0.2) is 14.4 Å². The zero-order valence-electron chi connectivity index (χ0n) is 13.7. The zero-order chi connectivity index (χ0) is 16.7. The first-order valence-electron chi connectivity index (χ1n) is 8.16. The molecule has 2 aromatic rings. The van der Waals surface area contributed by atoms with E-state index in [1.54, 1.807) is 0 Å². The number of anilines is 3. The van der Waals surface area contributed by atoms with Crippen LogP contribution in [0.5, 0.6) is 0 Å². The molecule has 3 heterocycles. The maximum atomic E-state index is 13.1. The lowest BCUT2D eigenvalue weighted by Gasteiger charge is -2.42. The Morgan fingerprint density at radius 2 is 1.96 bits per heavy atom. The number of likely N-dealkylation sites (N-methyl/N-ethyl adjacent to an activating group) is 1. The molecule has 1 atom stereocenters. The molecule has 0 saturated carbocycles. The van der Waals surface area contributed by atoms with Gasteiger partial charge in [0.2, 0.25) is 5.95 Å². The molecule has 0 radical (unpaired) electrons. The molecule has 1 aromatic carbocycles. The summed E-state index contributed by atoms with van der Waals surface area (Å²) >= 11 is 0. The van der Waals surface area contributed by atoms with Crippen molar-refractivity contribution >= 4 is 17.3 Å². The molecule has 1 unspecified atom stereocenters. The summed E-state index contributed by atoms with van der Waals surface area (Å²) in [5.41, 5.74) is 9.30. The van der Waals surface area contributed by atoms with Gasteiger partial charge in [-0.2, -0.15) is 0 Å². The maximum Gasteiger partial charge on any atom is 0.225 e. The molecule has 0 spiro atoms. The number of nitrogens with zero attached hydrogens (tertiary/aromatic N) is 5. The van der Waals surface area contributed by atoms with Crippen LogP contribution in [0.1, 0.15) is 5.56 Å². The minimum atomic E-state index is -0.405. The summed E-state index contributed by atoms with van der Waals surface area (Å²) < 4.78 is 13.1. The first kappa shape index (κ1) is 15.1. The van der Waals surface area contributed by atoms with Gasteiger partial charge in [-0.05, 0) is 30.8 Å². The van der Waals surface area contributed by atoms with Gasteiger partial charge in [-0.3, -0.25) is 4.90 Å². The van der Waals surface area contributed by atoms with Crippen LogP contribution >= 0.6 is 0 Å². The van der Waals surface area contributed by atoms with Crippen LogP contribution in [0.15, 0.2) is 30.6 Å². The SMILES string of the molecule is CN1Cc2cc(N)ccc2N2CCN(c3ncc(F)cn3)CC2C1. The molecule has 4 rings (SSSR count). The van der Waals surface area contributed by atoms with Crippen molar-refractivity contribution in [3.8, 4) is 0 Å². The van der Waals surface area contributed by atoms with Crippen molar-refractivity contribution in [2.75, 3.05) is 48.8 Å². The summed E-state index contributed by atoms with van der Waals surface area (Å²) in [6.45, 7) is 4.36. The van der Waals surface area contributed by atoms with Crippen LogP contribution in [0.4, 0.5) is 21.7 Å². The smallest absolute Gasteiger partial charge is 0.225 e. The largest absolute Gasteiger partial charge is 0.399 e. The number of nitrogens with two attached hydrogens (primary N) is 1. The van der Waals surface area contributed by atoms with Crippen LogP contribution in [-0.4, -0.2) is 54.1 Å². The van der Waals surface area contributed by atoms with E-state index in [1.165, 1.54) is 23.6 Å². The molecular formula is C17H21FN6. The summed E-state index contributed by atoms with van der Waals surface area (Å²) in [5.74, 6) is 0.193. The van der Waals surface area contributed by atoms with Crippen molar-refractivity contribution in [2.45, 2.75) is 12.6 Å². The second-order valence-electron chi connectivity index (χ2n) is 6.58. The number of halogens is 1. The van der Waals surface area contributed by atoms with E-state index in [9.17, 15) is 4.39 Å². The Labute approximate surface area is 140 Å². The third kappa shape index (κ3) is 2.75. The number of hydrogen-bond acceptors (Lipinski definition) is 6. The number of rotatable bonds is 1. The Bertz CT molecular complexity index is 734. The molecule has 7 heteroatoms. The number of benzene rings is 1. The second kappa shape index (κ2) is 5.90. The number of hydrogen-bond donors (Lipinski definition) is 1. The highest BCUT2D eigenvalue weighted by Gasteiger charge is 2.32. The number of fused-ring (bicyclic) bond motifs is 3. The zero-order valence-corrected chi connectivity index (χ0v) is 13.7. The Hall–Kier alpha value is -2.41. The Kier molecular flexibility index (Phi) is 3.72. The van der Waals surface area contributed by atoms with Crippen LogP contribution in [0.2, 0.25) is 0 Å². The van der Waals surface area contributed by atoms with E-state index in [-0.39, 0.29) is 0 Å². The summed E-state index contributed by atoms with van der Waals surface area (Å²) in [6.07, 6.45) is 2.46. The van der Waals surface area contributed by atoms with Crippen LogP contribution in [0.25, 0.3) is 0 Å². The van der Waals surface area contributed by atoms with Crippen LogP contribution in [0, 0.1) is 5.82 Å². The molecule has 6 nitrogen and oxygen atoms in total. The van der Waals surface area contributed by atoms with Gasteiger partial charge in [0.05, 0.1) is 18.4 Å². The standard InChI is InChI=1S/C17H21FN6/c1-22-9-12-6-14(19)2-3-16(12)24-5-4-23(11-15(24)10-22)17-20-7-13(18)8-21-17/h2-3,6-8,15H,4-5,9-11,19H2,1H3. The highest BCUT2D eigenvalue weighted by molar-refractivity contribution is 5.62.